The van der Waals surface area contributed by atoms with E-state index in [2.05, 4.69) is 0 Å². The molecule has 2 aromatic carbocycles. The van der Waals surface area contributed by atoms with Crippen LogP contribution in [0.25, 0.3) is 21.9 Å². The second kappa shape index (κ2) is 5.78. The first-order valence-corrected chi connectivity index (χ1v) is 8.09. The fourth-order valence-corrected chi connectivity index (χ4v) is 3.35. The summed E-state index contributed by atoms with van der Waals surface area (Å²) in [5.74, 6) is 1.07. The van der Waals surface area contributed by atoms with Gasteiger partial charge in [0.1, 0.15) is 34.1 Å². The topological polar surface area (TPSA) is 60.4 Å². The summed E-state index contributed by atoms with van der Waals surface area (Å²) in [7, 11) is -0.214. The van der Waals surface area contributed by atoms with Gasteiger partial charge < -0.3 is 18.4 Å². The average Bonchev–Trinajstić information content (AvgIpc) is 3.09. The van der Waals surface area contributed by atoms with Gasteiger partial charge in [-0.15, -0.1) is 0 Å². The van der Waals surface area contributed by atoms with Crippen molar-refractivity contribution in [2.45, 2.75) is 13.8 Å². The van der Waals surface area contributed by atoms with Crippen LogP contribution in [0.1, 0.15) is 32.2 Å². The first-order valence-electron chi connectivity index (χ1n) is 8.09. The zero-order valence-electron chi connectivity index (χ0n) is 14.0. The van der Waals surface area contributed by atoms with Crippen molar-refractivity contribution in [1.29, 1.82) is 0 Å². The van der Waals surface area contributed by atoms with Crippen molar-refractivity contribution < 1.29 is 18.4 Å². The average molecular weight is 330 g/mol. The SMILES string of the molecule is Cc1oc2ccccc2c1C(=O)BC(=O)c1c(C)oc2ccccc12. The summed E-state index contributed by atoms with van der Waals surface area (Å²) in [6.45, 7) is 3.49. The van der Waals surface area contributed by atoms with Crippen LogP contribution >= 0.6 is 0 Å². The Labute approximate surface area is 144 Å². The van der Waals surface area contributed by atoms with E-state index in [0.717, 1.165) is 10.8 Å². The Bertz CT molecular complexity index is 1040. The van der Waals surface area contributed by atoms with Crippen molar-refractivity contribution in [1.82, 2.24) is 0 Å². The lowest BCUT2D eigenvalue weighted by molar-refractivity contribution is 0.104. The van der Waals surface area contributed by atoms with Crippen LogP contribution in [0.4, 0.5) is 0 Å². The standard InChI is InChI=1S/C20H15BO4/c1-11-17(13-7-3-5-9-15(13)24-11)19(22)21-20(23)18-12(2)25-16-10-6-4-8-14(16)18/h3-10,21H,1-2H3. The highest BCUT2D eigenvalue weighted by Gasteiger charge is 2.25. The molecule has 0 saturated carbocycles. The summed E-state index contributed by atoms with van der Waals surface area (Å²) in [5, 5.41) is 1.48. The molecule has 0 spiro atoms. The normalized spacial score (nSPS) is 11.1. The highest BCUT2D eigenvalue weighted by Crippen LogP contribution is 2.28. The Morgan fingerprint density at radius 2 is 1.12 bits per heavy atom. The van der Waals surface area contributed by atoms with Gasteiger partial charge in [-0.05, 0) is 26.0 Å². The van der Waals surface area contributed by atoms with Gasteiger partial charge in [-0.3, -0.25) is 0 Å². The van der Waals surface area contributed by atoms with Gasteiger partial charge in [0.05, 0.1) is 11.1 Å². The van der Waals surface area contributed by atoms with Gasteiger partial charge in [0.15, 0.2) is 0 Å². The van der Waals surface area contributed by atoms with E-state index in [1.54, 1.807) is 13.8 Å². The van der Waals surface area contributed by atoms with Crippen molar-refractivity contribution in [3.63, 3.8) is 0 Å². The van der Waals surface area contributed by atoms with Crippen molar-refractivity contribution in [3.8, 4) is 0 Å². The number of carbonyl (C=O) groups excluding carboxylic acids is 2. The second-order valence-electron chi connectivity index (χ2n) is 6.08. The van der Waals surface area contributed by atoms with Crippen LogP contribution in [-0.2, 0) is 0 Å². The molecule has 122 valence electrons. The molecule has 0 N–H and O–H groups in total. The number of hydrogen-bond donors (Lipinski definition) is 0. The number of aryl methyl sites for hydroxylation is 2. The van der Waals surface area contributed by atoms with E-state index in [-0.39, 0.29) is 18.6 Å². The van der Waals surface area contributed by atoms with E-state index in [1.807, 2.05) is 48.5 Å². The minimum atomic E-state index is -0.239. The molecular formula is C20H15BO4. The lowest BCUT2D eigenvalue weighted by Gasteiger charge is -2.00. The zero-order chi connectivity index (χ0) is 17.6. The molecule has 0 saturated heterocycles. The van der Waals surface area contributed by atoms with E-state index in [9.17, 15) is 9.59 Å². The van der Waals surface area contributed by atoms with Crippen LogP contribution in [0.15, 0.2) is 57.4 Å². The number of fused-ring (bicyclic) bond motifs is 2. The van der Waals surface area contributed by atoms with E-state index < -0.39 is 0 Å². The van der Waals surface area contributed by atoms with E-state index in [0.29, 0.717) is 33.8 Å². The van der Waals surface area contributed by atoms with Gasteiger partial charge in [0, 0.05) is 10.8 Å². The predicted molar refractivity (Wildman–Crippen MR) is 97.7 cm³/mol. The lowest BCUT2D eigenvalue weighted by atomic mass is 9.63. The molecule has 0 aliphatic carbocycles. The third-order valence-electron chi connectivity index (χ3n) is 4.42. The summed E-state index contributed by atoms with van der Waals surface area (Å²) in [4.78, 5) is 25.6. The molecule has 4 nitrogen and oxygen atoms in total. The van der Waals surface area contributed by atoms with Gasteiger partial charge in [-0.1, -0.05) is 36.4 Å². The maximum atomic E-state index is 12.8. The Morgan fingerprint density at radius 3 is 1.56 bits per heavy atom. The van der Waals surface area contributed by atoms with Crippen LogP contribution in [0.2, 0.25) is 0 Å². The third-order valence-corrected chi connectivity index (χ3v) is 4.42. The summed E-state index contributed by atoms with van der Waals surface area (Å²) in [6.07, 6.45) is 0. The monoisotopic (exact) mass is 330 g/mol. The molecular weight excluding hydrogens is 315 g/mol. The third kappa shape index (κ3) is 2.48. The molecule has 0 radical (unpaired) electrons. The molecule has 2 heterocycles. The Morgan fingerprint density at radius 1 is 0.720 bits per heavy atom. The van der Waals surface area contributed by atoms with Crippen LogP contribution in [0, 0.1) is 13.8 Å². The summed E-state index contributed by atoms with van der Waals surface area (Å²) < 4.78 is 11.3. The quantitative estimate of drug-likeness (QED) is 0.526. The second-order valence-corrected chi connectivity index (χ2v) is 6.08. The van der Waals surface area contributed by atoms with Gasteiger partial charge in [-0.2, -0.15) is 0 Å². The molecule has 4 aromatic rings. The van der Waals surface area contributed by atoms with Crippen molar-refractivity contribution in [2.75, 3.05) is 0 Å². The van der Waals surface area contributed by atoms with Gasteiger partial charge in [-0.25, -0.2) is 0 Å². The molecule has 0 unspecified atom stereocenters. The fraction of sp³-hybridized carbons (Fsp3) is 0.100. The number of benzene rings is 2. The molecule has 0 bridgehead atoms. The minimum Gasteiger partial charge on any atom is -0.461 e. The highest BCUT2D eigenvalue weighted by molar-refractivity contribution is 7.01. The lowest BCUT2D eigenvalue weighted by Crippen LogP contribution is -2.21. The molecule has 5 heteroatoms. The van der Waals surface area contributed by atoms with Crippen LogP contribution in [-0.4, -0.2) is 18.6 Å². The summed E-state index contributed by atoms with van der Waals surface area (Å²) >= 11 is 0. The van der Waals surface area contributed by atoms with Crippen molar-refractivity contribution in [3.05, 3.63) is 71.2 Å². The first kappa shape index (κ1) is 15.5. The largest absolute Gasteiger partial charge is 0.461 e. The van der Waals surface area contributed by atoms with E-state index >= 15 is 0 Å². The number of para-hydroxylation sites is 2. The molecule has 0 atom stereocenters. The molecule has 2 aromatic heterocycles. The number of hydrogen-bond acceptors (Lipinski definition) is 4. The predicted octanol–water partition coefficient (Wildman–Crippen LogP) is 4.21. The van der Waals surface area contributed by atoms with E-state index in [4.69, 9.17) is 8.83 Å². The molecule has 0 aliphatic heterocycles. The van der Waals surface area contributed by atoms with Gasteiger partial charge in [0.25, 0.3) is 7.28 Å². The maximum Gasteiger partial charge on any atom is 0.298 e. The summed E-state index contributed by atoms with van der Waals surface area (Å²) in [6, 6.07) is 14.7. The first-order chi connectivity index (χ1) is 12.1. The van der Waals surface area contributed by atoms with Crippen molar-refractivity contribution >= 4 is 40.6 Å². The van der Waals surface area contributed by atoms with Crippen LogP contribution < -0.4 is 0 Å². The number of carbonyl (C=O) groups is 2. The molecule has 0 aliphatic rings. The maximum absolute atomic E-state index is 12.8. The van der Waals surface area contributed by atoms with Crippen LogP contribution in [0.3, 0.4) is 0 Å². The molecule has 4 rings (SSSR count). The molecule has 25 heavy (non-hydrogen) atoms. The number of rotatable bonds is 4. The zero-order valence-corrected chi connectivity index (χ0v) is 14.0. The Balaban J connectivity index is 1.71. The van der Waals surface area contributed by atoms with Crippen LogP contribution in [0.5, 0.6) is 0 Å². The highest BCUT2D eigenvalue weighted by atomic mass is 16.3. The van der Waals surface area contributed by atoms with Gasteiger partial charge in [0.2, 0.25) is 0 Å². The van der Waals surface area contributed by atoms with E-state index in [1.165, 1.54) is 0 Å². The Kier molecular flexibility index (Phi) is 3.57. The molecule has 0 amide bonds. The number of furan rings is 2. The summed E-state index contributed by atoms with van der Waals surface area (Å²) in [5.41, 5.74) is 1.79. The molecule has 0 fully saturated rings. The fourth-order valence-electron chi connectivity index (χ4n) is 3.35. The smallest absolute Gasteiger partial charge is 0.298 e. The Hall–Kier alpha value is -3.08. The van der Waals surface area contributed by atoms with Gasteiger partial charge >= 0.3 is 0 Å². The van der Waals surface area contributed by atoms with Crippen molar-refractivity contribution in [2.24, 2.45) is 0 Å². The minimum absolute atomic E-state index is 0.214.